The van der Waals surface area contributed by atoms with Crippen LogP contribution in [0.3, 0.4) is 0 Å². The van der Waals surface area contributed by atoms with E-state index in [-0.39, 0.29) is 0 Å². The largest absolute Gasteiger partial charge is 0.180 e. The van der Waals surface area contributed by atoms with Crippen LogP contribution in [0.1, 0.15) is 22.3 Å². The maximum atomic E-state index is 5.98. The van der Waals surface area contributed by atoms with Gasteiger partial charge in [0.25, 0.3) is 0 Å². The van der Waals surface area contributed by atoms with Crippen LogP contribution < -0.4 is 0 Å². The quantitative estimate of drug-likeness (QED) is 0.671. The molecule has 0 bridgehead atoms. The summed E-state index contributed by atoms with van der Waals surface area (Å²) in [6.45, 7) is 6.35. The molecule has 0 saturated carbocycles. The van der Waals surface area contributed by atoms with Gasteiger partial charge in [0.15, 0.2) is 4.84 Å². The molecule has 0 amide bonds. The third-order valence-corrected chi connectivity index (χ3v) is 3.48. The minimum Gasteiger partial charge on any atom is -0.0925 e. The fourth-order valence-corrected chi connectivity index (χ4v) is 2.80. The molecule has 0 atom stereocenters. The molecule has 2 aromatic rings. The number of rotatable bonds is 2. The van der Waals surface area contributed by atoms with Gasteiger partial charge in [-0.05, 0) is 48.6 Å². The smallest absolute Gasteiger partial charge is 0.0925 e. The van der Waals surface area contributed by atoms with Gasteiger partial charge in [0.2, 0.25) is 0 Å². The lowest BCUT2D eigenvalue weighted by Crippen LogP contribution is -1.95. The van der Waals surface area contributed by atoms with E-state index in [2.05, 4.69) is 39.0 Å². The second kappa shape index (κ2) is 5.34. The monoisotopic (exact) mass is 277 g/mol. The Kier molecular flexibility index (Phi) is 3.99. The van der Waals surface area contributed by atoms with Crippen LogP contribution in [0.25, 0.3) is 11.1 Å². The van der Waals surface area contributed by atoms with Crippen molar-refractivity contribution in [2.24, 2.45) is 0 Å². The highest BCUT2D eigenvalue weighted by Gasteiger charge is 2.15. The third-order valence-electron chi connectivity index (χ3n) is 3.08. The van der Waals surface area contributed by atoms with Crippen molar-refractivity contribution < 1.29 is 0 Å². The molecule has 2 aromatic carbocycles. The van der Waals surface area contributed by atoms with Crippen molar-refractivity contribution in [3.05, 3.63) is 63.5 Å². The Hall–Kier alpha value is -0.980. The first-order chi connectivity index (χ1) is 8.50. The number of hydrogen-bond donors (Lipinski definition) is 0. The van der Waals surface area contributed by atoms with Crippen molar-refractivity contribution in [2.45, 2.75) is 20.8 Å². The first-order valence-electron chi connectivity index (χ1n) is 5.86. The standard InChI is InChI=1S/C16H15Cl2/c1-10-8-11(2)15(12(3)9-10)13-6-4-5-7-14(13)16(17)18/h4-9H,1-3H3. The highest BCUT2D eigenvalue weighted by atomic mass is 35.5. The van der Waals surface area contributed by atoms with E-state index in [9.17, 15) is 0 Å². The van der Waals surface area contributed by atoms with E-state index < -0.39 is 0 Å². The third kappa shape index (κ3) is 2.55. The Bertz CT molecular complexity index is 548. The molecule has 0 aliphatic heterocycles. The van der Waals surface area contributed by atoms with Crippen molar-refractivity contribution in [2.75, 3.05) is 0 Å². The molecule has 0 heterocycles. The summed E-state index contributed by atoms with van der Waals surface area (Å²) in [6, 6.07) is 12.3. The van der Waals surface area contributed by atoms with Crippen molar-refractivity contribution in [1.82, 2.24) is 0 Å². The lowest BCUT2D eigenvalue weighted by molar-refractivity contribution is 1.31. The predicted molar refractivity (Wildman–Crippen MR) is 80.1 cm³/mol. The molecule has 93 valence electrons. The molecule has 0 aliphatic carbocycles. The number of aryl methyl sites for hydroxylation is 3. The van der Waals surface area contributed by atoms with E-state index in [1.807, 2.05) is 18.2 Å². The number of benzene rings is 2. The summed E-state index contributed by atoms with van der Waals surface area (Å²) in [5.41, 5.74) is 6.95. The van der Waals surface area contributed by atoms with E-state index >= 15 is 0 Å². The second-order valence-electron chi connectivity index (χ2n) is 4.58. The van der Waals surface area contributed by atoms with Crippen molar-refractivity contribution in [3.63, 3.8) is 0 Å². The van der Waals surface area contributed by atoms with Crippen LogP contribution in [0.2, 0.25) is 0 Å². The highest BCUT2D eigenvalue weighted by Crippen LogP contribution is 2.36. The molecule has 0 unspecified atom stereocenters. The van der Waals surface area contributed by atoms with E-state index in [1.54, 1.807) is 0 Å². The van der Waals surface area contributed by atoms with Gasteiger partial charge in [-0.15, -0.1) is 0 Å². The van der Waals surface area contributed by atoms with Gasteiger partial charge in [-0.3, -0.25) is 0 Å². The zero-order valence-electron chi connectivity index (χ0n) is 10.7. The lowest BCUT2D eigenvalue weighted by atomic mass is 9.91. The Labute approximate surface area is 119 Å². The summed E-state index contributed by atoms with van der Waals surface area (Å²) < 4.78 is 0. The predicted octanol–water partition coefficient (Wildman–Crippen LogP) is 5.59. The molecule has 0 fully saturated rings. The summed E-state index contributed by atoms with van der Waals surface area (Å²) in [5.74, 6) is 0. The number of halogens is 2. The van der Waals surface area contributed by atoms with Gasteiger partial charge < -0.3 is 0 Å². The molecule has 18 heavy (non-hydrogen) atoms. The molecule has 0 spiro atoms. The summed E-state index contributed by atoms with van der Waals surface area (Å²) in [7, 11) is 0. The van der Waals surface area contributed by atoms with E-state index in [1.165, 1.54) is 22.3 Å². The molecule has 0 nitrogen and oxygen atoms in total. The summed E-state index contributed by atoms with van der Waals surface area (Å²) >= 11 is 12.0. The molecular weight excluding hydrogens is 263 g/mol. The normalized spacial score (nSPS) is 11.0. The first-order valence-corrected chi connectivity index (χ1v) is 6.62. The first kappa shape index (κ1) is 13.5. The highest BCUT2D eigenvalue weighted by molar-refractivity contribution is 6.55. The minimum atomic E-state index is 0.310. The van der Waals surface area contributed by atoms with Crippen molar-refractivity contribution in [1.29, 1.82) is 0 Å². The maximum Gasteiger partial charge on any atom is 0.180 e. The average Bonchev–Trinajstić information content (AvgIpc) is 2.28. The van der Waals surface area contributed by atoms with Gasteiger partial charge >= 0.3 is 0 Å². The number of hydrogen-bond acceptors (Lipinski definition) is 0. The van der Waals surface area contributed by atoms with Crippen LogP contribution in [-0.4, -0.2) is 0 Å². The fraction of sp³-hybridized carbons (Fsp3) is 0.188. The van der Waals surface area contributed by atoms with Crippen LogP contribution in [0.5, 0.6) is 0 Å². The van der Waals surface area contributed by atoms with Gasteiger partial charge in [-0.25, -0.2) is 0 Å². The van der Waals surface area contributed by atoms with Crippen molar-refractivity contribution >= 4 is 23.2 Å². The van der Waals surface area contributed by atoms with E-state index in [0.717, 1.165) is 11.1 Å². The molecule has 1 radical (unpaired) electrons. The van der Waals surface area contributed by atoms with E-state index in [0.29, 0.717) is 4.84 Å². The summed E-state index contributed by atoms with van der Waals surface area (Å²) in [5, 5.41) is 0. The Morgan fingerprint density at radius 3 is 2.00 bits per heavy atom. The summed E-state index contributed by atoms with van der Waals surface area (Å²) in [6.07, 6.45) is 0. The maximum absolute atomic E-state index is 5.98. The van der Waals surface area contributed by atoms with Gasteiger partial charge in [0.1, 0.15) is 0 Å². The topological polar surface area (TPSA) is 0 Å². The van der Waals surface area contributed by atoms with Gasteiger partial charge in [0.05, 0.1) is 0 Å². The molecule has 2 rings (SSSR count). The van der Waals surface area contributed by atoms with Gasteiger partial charge in [0, 0.05) is 0 Å². The molecular formula is C16H15Cl2. The molecule has 0 aliphatic rings. The van der Waals surface area contributed by atoms with Crippen molar-refractivity contribution in [3.8, 4) is 11.1 Å². The van der Waals surface area contributed by atoms with Crippen LogP contribution in [-0.2, 0) is 0 Å². The molecule has 0 N–H and O–H groups in total. The van der Waals surface area contributed by atoms with Gasteiger partial charge in [-0.1, -0.05) is 65.2 Å². The molecule has 0 saturated heterocycles. The van der Waals surface area contributed by atoms with Crippen LogP contribution in [0.4, 0.5) is 0 Å². The van der Waals surface area contributed by atoms with E-state index in [4.69, 9.17) is 23.2 Å². The zero-order chi connectivity index (χ0) is 13.3. The van der Waals surface area contributed by atoms with Crippen LogP contribution in [0.15, 0.2) is 36.4 Å². The zero-order valence-corrected chi connectivity index (χ0v) is 12.2. The SMILES string of the molecule is Cc1cc(C)c(-c2ccccc2[C](Cl)Cl)c(C)c1. The average molecular weight is 278 g/mol. The molecule has 2 heteroatoms. The Morgan fingerprint density at radius 1 is 0.889 bits per heavy atom. The second-order valence-corrected chi connectivity index (χ2v) is 5.53. The fourth-order valence-electron chi connectivity index (χ4n) is 2.47. The molecule has 0 aromatic heterocycles. The summed E-state index contributed by atoms with van der Waals surface area (Å²) in [4.78, 5) is 0.310. The van der Waals surface area contributed by atoms with Gasteiger partial charge in [-0.2, -0.15) is 0 Å². The minimum absolute atomic E-state index is 0.310. The Balaban J connectivity index is 2.70. The Morgan fingerprint density at radius 2 is 1.44 bits per heavy atom. The van der Waals surface area contributed by atoms with Crippen LogP contribution >= 0.6 is 23.2 Å². The lowest BCUT2D eigenvalue weighted by Gasteiger charge is -2.15. The van der Waals surface area contributed by atoms with Crippen LogP contribution in [0, 0.1) is 25.6 Å².